The van der Waals surface area contributed by atoms with Crippen molar-refractivity contribution in [2.24, 2.45) is 0 Å². The number of benzene rings is 1. The molecule has 0 spiro atoms. The number of thioether (sulfide) groups is 1. The standard InChI is InChI=1S/C17H20N4O2S2/c1-19-7-9-21(10-8-19)18-15(22)13-5-3-12(4-6-13)11-14-16(23)20(2)17(24)25-14/h3-6,11H,7-10H2,1-2H3,(H,18,22). The van der Waals surface area contributed by atoms with Crippen molar-refractivity contribution in [3.8, 4) is 0 Å². The highest BCUT2D eigenvalue weighted by Gasteiger charge is 2.28. The molecule has 1 aromatic rings. The van der Waals surface area contributed by atoms with E-state index in [2.05, 4.69) is 17.4 Å². The highest BCUT2D eigenvalue weighted by Crippen LogP contribution is 2.31. The maximum Gasteiger partial charge on any atom is 0.265 e. The summed E-state index contributed by atoms with van der Waals surface area (Å²) in [5, 5.41) is 1.95. The highest BCUT2D eigenvalue weighted by molar-refractivity contribution is 8.26. The van der Waals surface area contributed by atoms with Crippen molar-refractivity contribution in [1.29, 1.82) is 0 Å². The number of hydrogen-bond acceptors (Lipinski definition) is 6. The van der Waals surface area contributed by atoms with Crippen LogP contribution in [0.25, 0.3) is 6.08 Å². The fourth-order valence-electron chi connectivity index (χ4n) is 2.55. The normalized spacial score (nSPS) is 21.2. The van der Waals surface area contributed by atoms with Crippen LogP contribution >= 0.6 is 24.0 Å². The Labute approximate surface area is 156 Å². The Balaban J connectivity index is 1.63. The summed E-state index contributed by atoms with van der Waals surface area (Å²) < 4.78 is 0.555. The number of amides is 2. The zero-order valence-corrected chi connectivity index (χ0v) is 15.8. The summed E-state index contributed by atoms with van der Waals surface area (Å²) in [5.74, 6) is -0.206. The zero-order valence-electron chi connectivity index (χ0n) is 14.2. The van der Waals surface area contributed by atoms with Crippen LogP contribution in [0.5, 0.6) is 0 Å². The molecule has 2 aliphatic heterocycles. The Kier molecular flexibility index (Phi) is 5.53. The van der Waals surface area contributed by atoms with E-state index in [1.54, 1.807) is 25.3 Å². The molecule has 0 aliphatic carbocycles. The summed E-state index contributed by atoms with van der Waals surface area (Å²) in [6.07, 6.45) is 1.80. The van der Waals surface area contributed by atoms with Crippen LogP contribution < -0.4 is 5.43 Å². The lowest BCUT2D eigenvalue weighted by Gasteiger charge is -2.32. The Morgan fingerprint density at radius 3 is 2.36 bits per heavy atom. The van der Waals surface area contributed by atoms with E-state index in [4.69, 9.17) is 12.2 Å². The Morgan fingerprint density at radius 1 is 1.16 bits per heavy atom. The quantitative estimate of drug-likeness (QED) is 0.636. The molecular weight excluding hydrogens is 356 g/mol. The van der Waals surface area contributed by atoms with Crippen molar-refractivity contribution >= 4 is 46.2 Å². The molecule has 8 heteroatoms. The van der Waals surface area contributed by atoms with Gasteiger partial charge in [0.15, 0.2) is 0 Å². The molecule has 0 atom stereocenters. The van der Waals surface area contributed by atoms with Gasteiger partial charge >= 0.3 is 0 Å². The monoisotopic (exact) mass is 376 g/mol. The van der Waals surface area contributed by atoms with Gasteiger partial charge in [-0.2, -0.15) is 0 Å². The molecule has 132 valence electrons. The van der Waals surface area contributed by atoms with Gasteiger partial charge < -0.3 is 4.90 Å². The average molecular weight is 377 g/mol. The van der Waals surface area contributed by atoms with Gasteiger partial charge in [-0.3, -0.25) is 19.9 Å². The van der Waals surface area contributed by atoms with Gasteiger partial charge in [0, 0.05) is 38.8 Å². The molecule has 3 rings (SSSR count). The number of piperazine rings is 1. The molecule has 2 fully saturated rings. The van der Waals surface area contributed by atoms with E-state index in [1.165, 1.54) is 16.7 Å². The molecule has 2 heterocycles. The summed E-state index contributed by atoms with van der Waals surface area (Å²) in [4.78, 5) is 28.6. The smallest absolute Gasteiger partial charge is 0.265 e. The number of thiocarbonyl (C=S) groups is 1. The van der Waals surface area contributed by atoms with Crippen LogP contribution in [-0.4, -0.2) is 71.2 Å². The van der Waals surface area contributed by atoms with E-state index in [1.807, 2.05) is 17.1 Å². The topological polar surface area (TPSA) is 55.9 Å². The van der Waals surface area contributed by atoms with Crippen molar-refractivity contribution in [3.63, 3.8) is 0 Å². The van der Waals surface area contributed by atoms with E-state index in [0.29, 0.717) is 14.8 Å². The second-order valence-electron chi connectivity index (χ2n) is 6.09. The lowest BCUT2D eigenvalue weighted by Crippen LogP contribution is -2.52. The number of carbonyl (C=O) groups is 2. The highest BCUT2D eigenvalue weighted by atomic mass is 32.2. The van der Waals surface area contributed by atoms with Crippen molar-refractivity contribution in [3.05, 3.63) is 40.3 Å². The number of nitrogens with zero attached hydrogens (tertiary/aromatic N) is 3. The fourth-order valence-corrected chi connectivity index (χ4v) is 3.73. The Hall–Kier alpha value is -1.74. The molecule has 0 saturated carbocycles. The third-order valence-electron chi connectivity index (χ3n) is 4.22. The molecule has 0 aromatic heterocycles. The second-order valence-corrected chi connectivity index (χ2v) is 7.77. The maximum absolute atomic E-state index is 12.3. The minimum atomic E-state index is -0.115. The van der Waals surface area contributed by atoms with Gasteiger partial charge in [-0.1, -0.05) is 36.1 Å². The molecule has 2 saturated heterocycles. The molecule has 2 aliphatic rings. The van der Waals surface area contributed by atoms with Crippen LogP contribution in [0.4, 0.5) is 0 Å². The first-order chi connectivity index (χ1) is 11.9. The molecule has 25 heavy (non-hydrogen) atoms. The van der Waals surface area contributed by atoms with Gasteiger partial charge in [-0.15, -0.1) is 0 Å². The van der Waals surface area contributed by atoms with Gasteiger partial charge in [-0.25, -0.2) is 5.01 Å². The van der Waals surface area contributed by atoms with E-state index >= 15 is 0 Å². The van der Waals surface area contributed by atoms with Crippen LogP contribution in [-0.2, 0) is 4.79 Å². The first-order valence-electron chi connectivity index (χ1n) is 8.00. The summed E-state index contributed by atoms with van der Waals surface area (Å²) in [7, 11) is 3.74. The van der Waals surface area contributed by atoms with Gasteiger partial charge in [0.05, 0.1) is 4.91 Å². The lowest BCUT2D eigenvalue weighted by atomic mass is 10.1. The van der Waals surface area contributed by atoms with E-state index in [9.17, 15) is 9.59 Å². The lowest BCUT2D eigenvalue weighted by molar-refractivity contribution is -0.121. The number of likely N-dealkylation sites (N-methyl/N-ethyl adjacent to an activating group) is 2. The summed E-state index contributed by atoms with van der Waals surface area (Å²) in [5.41, 5.74) is 4.40. The van der Waals surface area contributed by atoms with Gasteiger partial charge in [-0.05, 0) is 30.8 Å². The van der Waals surface area contributed by atoms with Gasteiger partial charge in [0.2, 0.25) is 0 Å². The van der Waals surface area contributed by atoms with E-state index in [-0.39, 0.29) is 11.8 Å². The third-order valence-corrected chi connectivity index (χ3v) is 5.70. The summed E-state index contributed by atoms with van der Waals surface area (Å²) >= 11 is 6.41. The molecule has 2 amide bonds. The first-order valence-corrected chi connectivity index (χ1v) is 9.22. The van der Waals surface area contributed by atoms with Crippen molar-refractivity contribution in [2.45, 2.75) is 0 Å². The third kappa shape index (κ3) is 4.27. The molecule has 0 unspecified atom stereocenters. The van der Waals surface area contributed by atoms with Crippen LogP contribution in [0, 0.1) is 0 Å². The number of hydrazine groups is 1. The van der Waals surface area contributed by atoms with Crippen LogP contribution in [0.1, 0.15) is 15.9 Å². The Morgan fingerprint density at radius 2 is 1.80 bits per heavy atom. The number of nitrogens with one attached hydrogen (secondary N) is 1. The zero-order chi connectivity index (χ0) is 18.0. The van der Waals surface area contributed by atoms with Crippen molar-refractivity contribution in [2.75, 3.05) is 40.3 Å². The Bertz CT molecular complexity index is 725. The minimum absolute atomic E-state index is 0.0908. The number of hydrogen-bond donors (Lipinski definition) is 1. The predicted octanol–water partition coefficient (Wildman–Crippen LogP) is 1.41. The average Bonchev–Trinajstić information content (AvgIpc) is 2.84. The minimum Gasteiger partial charge on any atom is -0.304 e. The molecule has 0 bridgehead atoms. The van der Waals surface area contributed by atoms with Crippen LogP contribution in [0.2, 0.25) is 0 Å². The second kappa shape index (κ2) is 7.65. The molecule has 0 radical (unpaired) electrons. The van der Waals surface area contributed by atoms with Crippen molar-refractivity contribution in [1.82, 2.24) is 20.2 Å². The summed E-state index contributed by atoms with van der Waals surface area (Å²) in [6, 6.07) is 7.20. The van der Waals surface area contributed by atoms with E-state index < -0.39 is 0 Å². The largest absolute Gasteiger partial charge is 0.304 e. The van der Waals surface area contributed by atoms with Gasteiger partial charge in [0.25, 0.3) is 11.8 Å². The van der Waals surface area contributed by atoms with Crippen LogP contribution in [0.3, 0.4) is 0 Å². The van der Waals surface area contributed by atoms with Crippen molar-refractivity contribution < 1.29 is 9.59 Å². The predicted molar refractivity (Wildman–Crippen MR) is 104 cm³/mol. The molecule has 6 nitrogen and oxygen atoms in total. The SMILES string of the molecule is CN1CCN(NC(=O)c2ccc(C=C3SC(=S)N(C)C3=O)cc2)CC1. The molecular formula is C17H20N4O2S2. The molecule has 1 N–H and O–H groups in total. The maximum atomic E-state index is 12.3. The summed E-state index contributed by atoms with van der Waals surface area (Å²) in [6.45, 7) is 3.52. The number of rotatable bonds is 3. The van der Waals surface area contributed by atoms with E-state index in [0.717, 1.165) is 31.7 Å². The first kappa shape index (κ1) is 18.1. The van der Waals surface area contributed by atoms with Crippen LogP contribution in [0.15, 0.2) is 29.2 Å². The fraction of sp³-hybridized carbons (Fsp3) is 0.353. The number of carbonyl (C=O) groups excluding carboxylic acids is 2. The van der Waals surface area contributed by atoms with Gasteiger partial charge in [0.1, 0.15) is 4.32 Å². The molecule has 1 aromatic carbocycles.